The summed E-state index contributed by atoms with van der Waals surface area (Å²) in [5.41, 5.74) is 2.72. The zero-order chi connectivity index (χ0) is 14.5. The van der Waals surface area contributed by atoms with Crippen LogP contribution in [0.2, 0.25) is 0 Å². The normalized spacial score (nSPS) is 24.4. The number of hydrogen-bond donors (Lipinski definition) is 1. The van der Waals surface area contributed by atoms with Gasteiger partial charge >= 0.3 is 0 Å². The lowest BCUT2D eigenvalue weighted by molar-refractivity contribution is 0.214. The molecule has 0 aromatic heterocycles. The minimum atomic E-state index is 0.514. The van der Waals surface area contributed by atoms with Gasteiger partial charge in [-0.05, 0) is 49.4 Å². The monoisotopic (exact) mass is 274 g/mol. The molecule has 0 spiro atoms. The molecule has 0 saturated heterocycles. The minimum Gasteiger partial charge on any atom is -0.378 e. The van der Waals surface area contributed by atoms with Gasteiger partial charge in [-0.2, -0.15) is 0 Å². The van der Waals surface area contributed by atoms with Crippen LogP contribution in [0.15, 0.2) is 24.3 Å². The molecule has 20 heavy (non-hydrogen) atoms. The van der Waals surface area contributed by atoms with Gasteiger partial charge in [0.25, 0.3) is 0 Å². The molecular weight excluding hydrogens is 244 g/mol. The molecule has 0 bridgehead atoms. The smallest absolute Gasteiger partial charge is 0.0361 e. The van der Waals surface area contributed by atoms with E-state index in [4.69, 9.17) is 0 Å². The number of anilines is 1. The molecule has 0 amide bonds. The highest BCUT2D eigenvalue weighted by atomic mass is 15.1. The van der Waals surface area contributed by atoms with Gasteiger partial charge in [0.05, 0.1) is 0 Å². The first-order chi connectivity index (χ1) is 9.65. The van der Waals surface area contributed by atoms with Crippen molar-refractivity contribution in [1.29, 1.82) is 0 Å². The van der Waals surface area contributed by atoms with E-state index in [9.17, 15) is 0 Å². The third kappa shape index (κ3) is 3.54. The Morgan fingerprint density at radius 3 is 2.45 bits per heavy atom. The summed E-state index contributed by atoms with van der Waals surface area (Å²) in [5.74, 6) is 1.73. The van der Waals surface area contributed by atoms with Crippen LogP contribution in [0.4, 0.5) is 5.69 Å². The lowest BCUT2D eigenvalue weighted by Crippen LogP contribution is -2.29. The van der Waals surface area contributed by atoms with Crippen molar-refractivity contribution in [3.8, 4) is 0 Å². The summed E-state index contributed by atoms with van der Waals surface area (Å²) in [7, 11) is 6.30. The van der Waals surface area contributed by atoms with Gasteiger partial charge in [-0.15, -0.1) is 0 Å². The summed E-state index contributed by atoms with van der Waals surface area (Å²) in [4.78, 5) is 2.16. The van der Waals surface area contributed by atoms with Crippen LogP contribution < -0.4 is 10.2 Å². The molecule has 0 aliphatic heterocycles. The van der Waals surface area contributed by atoms with E-state index in [1.807, 2.05) is 0 Å². The fraction of sp³-hybridized carbons (Fsp3) is 0.667. The van der Waals surface area contributed by atoms with Gasteiger partial charge in [-0.3, -0.25) is 0 Å². The first-order valence-electron chi connectivity index (χ1n) is 8.10. The SMILES string of the molecule is CCC1CCCC(C(NC)c2ccc(N(C)C)cc2)C1. The zero-order valence-corrected chi connectivity index (χ0v) is 13.5. The second kappa shape index (κ2) is 7.12. The van der Waals surface area contributed by atoms with E-state index in [1.54, 1.807) is 0 Å². The molecular formula is C18H30N2. The van der Waals surface area contributed by atoms with E-state index in [0.717, 1.165) is 11.8 Å². The van der Waals surface area contributed by atoms with Gasteiger partial charge in [-0.25, -0.2) is 0 Å². The number of benzene rings is 1. The Kier molecular flexibility index (Phi) is 5.47. The number of nitrogens with one attached hydrogen (secondary N) is 1. The molecule has 1 aromatic rings. The fourth-order valence-corrected chi connectivity index (χ4v) is 3.66. The quantitative estimate of drug-likeness (QED) is 0.864. The largest absolute Gasteiger partial charge is 0.378 e. The molecule has 2 heteroatoms. The van der Waals surface area contributed by atoms with E-state index in [2.05, 4.69) is 62.5 Å². The summed E-state index contributed by atoms with van der Waals surface area (Å²) < 4.78 is 0. The summed E-state index contributed by atoms with van der Waals surface area (Å²) in [5, 5.41) is 3.57. The Bertz CT molecular complexity index is 396. The third-order valence-corrected chi connectivity index (χ3v) is 4.95. The average molecular weight is 274 g/mol. The lowest BCUT2D eigenvalue weighted by Gasteiger charge is -2.34. The van der Waals surface area contributed by atoms with Gasteiger partial charge in [0, 0.05) is 25.8 Å². The maximum atomic E-state index is 3.57. The van der Waals surface area contributed by atoms with Gasteiger partial charge in [0.1, 0.15) is 0 Å². The summed E-state index contributed by atoms with van der Waals surface area (Å²) in [6.45, 7) is 2.34. The molecule has 2 nitrogen and oxygen atoms in total. The molecule has 0 radical (unpaired) electrons. The van der Waals surface area contributed by atoms with E-state index in [1.165, 1.54) is 43.4 Å². The van der Waals surface area contributed by atoms with Gasteiger partial charge in [0.15, 0.2) is 0 Å². The number of rotatable bonds is 5. The van der Waals surface area contributed by atoms with Gasteiger partial charge < -0.3 is 10.2 Å². The molecule has 3 atom stereocenters. The first kappa shape index (κ1) is 15.4. The van der Waals surface area contributed by atoms with Crippen molar-refractivity contribution in [2.24, 2.45) is 11.8 Å². The van der Waals surface area contributed by atoms with Crippen LogP contribution in [0.25, 0.3) is 0 Å². The first-order valence-corrected chi connectivity index (χ1v) is 8.10. The molecule has 1 aliphatic carbocycles. The highest BCUT2D eigenvalue weighted by Gasteiger charge is 2.27. The van der Waals surface area contributed by atoms with Crippen LogP contribution in [0.5, 0.6) is 0 Å². The number of hydrogen-bond acceptors (Lipinski definition) is 2. The predicted octanol–water partition coefficient (Wildman–Crippen LogP) is 4.23. The van der Waals surface area contributed by atoms with Crippen molar-refractivity contribution in [1.82, 2.24) is 5.32 Å². The van der Waals surface area contributed by atoms with Crippen molar-refractivity contribution >= 4 is 5.69 Å². The highest BCUT2D eigenvalue weighted by Crippen LogP contribution is 2.38. The Labute approximate surface area is 124 Å². The van der Waals surface area contributed by atoms with Crippen LogP contribution in [0.3, 0.4) is 0 Å². The van der Waals surface area contributed by atoms with Gasteiger partial charge in [0.2, 0.25) is 0 Å². The molecule has 1 aliphatic rings. The van der Waals surface area contributed by atoms with Crippen molar-refractivity contribution in [3.63, 3.8) is 0 Å². The van der Waals surface area contributed by atoms with Gasteiger partial charge in [-0.1, -0.05) is 38.3 Å². The topological polar surface area (TPSA) is 15.3 Å². The van der Waals surface area contributed by atoms with Crippen LogP contribution >= 0.6 is 0 Å². The van der Waals surface area contributed by atoms with E-state index >= 15 is 0 Å². The Morgan fingerprint density at radius 1 is 1.20 bits per heavy atom. The van der Waals surface area contributed by atoms with Crippen LogP contribution in [-0.2, 0) is 0 Å². The Hall–Kier alpha value is -1.02. The van der Waals surface area contributed by atoms with E-state index < -0.39 is 0 Å². The Balaban J connectivity index is 2.10. The molecule has 0 heterocycles. The second-order valence-corrected chi connectivity index (χ2v) is 6.45. The van der Waals surface area contributed by atoms with E-state index in [0.29, 0.717) is 6.04 Å². The maximum absolute atomic E-state index is 3.57. The van der Waals surface area contributed by atoms with E-state index in [-0.39, 0.29) is 0 Å². The van der Waals surface area contributed by atoms with Crippen molar-refractivity contribution in [3.05, 3.63) is 29.8 Å². The molecule has 112 valence electrons. The summed E-state index contributed by atoms with van der Waals surface area (Å²) in [6, 6.07) is 9.58. The minimum absolute atomic E-state index is 0.514. The summed E-state index contributed by atoms with van der Waals surface area (Å²) in [6.07, 6.45) is 6.93. The fourth-order valence-electron chi connectivity index (χ4n) is 3.66. The van der Waals surface area contributed by atoms with Crippen molar-refractivity contribution in [2.75, 3.05) is 26.0 Å². The predicted molar refractivity (Wildman–Crippen MR) is 88.3 cm³/mol. The zero-order valence-electron chi connectivity index (χ0n) is 13.5. The third-order valence-electron chi connectivity index (χ3n) is 4.95. The molecule has 2 rings (SSSR count). The summed E-state index contributed by atoms with van der Waals surface area (Å²) >= 11 is 0. The standard InChI is InChI=1S/C18H30N2/c1-5-14-7-6-8-16(13-14)18(19-2)15-9-11-17(12-10-15)20(3)4/h9-12,14,16,18-19H,5-8,13H2,1-4H3. The molecule has 1 aromatic carbocycles. The van der Waals surface area contributed by atoms with Crippen LogP contribution in [0, 0.1) is 11.8 Å². The lowest BCUT2D eigenvalue weighted by atomic mass is 9.75. The molecule has 3 unspecified atom stereocenters. The highest BCUT2D eigenvalue weighted by molar-refractivity contribution is 5.46. The average Bonchev–Trinajstić information content (AvgIpc) is 2.49. The Morgan fingerprint density at radius 2 is 1.90 bits per heavy atom. The maximum Gasteiger partial charge on any atom is 0.0361 e. The second-order valence-electron chi connectivity index (χ2n) is 6.45. The van der Waals surface area contributed by atoms with Crippen molar-refractivity contribution < 1.29 is 0 Å². The molecule has 1 N–H and O–H groups in total. The molecule has 1 saturated carbocycles. The van der Waals surface area contributed by atoms with Crippen LogP contribution in [0.1, 0.15) is 50.6 Å². The van der Waals surface area contributed by atoms with Crippen molar-refractivity contribution in [2.45, 2.75) is 45.1 Å². The number of nitrogens with zero attached hydrogens (tertiary/aromatic N) is 1. The molecule has 1 fully saturated rings. The van der Waals surface area contributed by atoms with Crippen LogP contribution in [-0.4, -0.2) is 21.1 Å².